The average molecular weight is 336 g/mol. The van der Waals surface area contributed by atoms with Crippen molar-refractivity contribution in [1.82, 2.24) is 0 Å². The third kappa shape index (κ3) is 3.65. The molecule has 4 heteroatoms. The zero-order chi connectivity index (χ0) is 17.1. The van der Waals surface area contributed by atoms with Crippen molar-refractivity contribution in [3.63, 3.8) is 0 Å². The lowest BCUT2D eigenvalue weighted by Gasteiger charge is -2.29. The maximum absolute atomic E-state index is 12.6. The highest BCUT2D eigenvalue weighted by atomic mass is 16.3. The molecule has 0 aliphatic carbocycles. The van der Waals surface area contributed by atoms with Crippen LogP contribution in [0, 0.1) is 0 Å². The van der Waals surface area contributed by atoms with Crippen LogP contribution < -0.4 is 15.2 Å². The van der Waals surface area contributed by atoms with Crippen LogP contribution in [0.4, 0.5) is 0 Å². The zero-order valence-corrected chi connectivity index (χ0v) is 14.3. The van der Waals surface area contributed by atoms with Crippen LogP contribution in [0.5, 0.6) is 0 Å². The maximum atomic E-state index is 12.6. The first-order valence-corrected chi connectivity index (χ1v) is 9.00. The summed E-state index contributed by atoms with van der Waals surface area (Å²) >= 11 is 0. The van der Waals surface area contributed by atoms with Crippen LogP contribution in [0.1, 0.15) is 11.1 Å². The van der Waals surface area contributed by atoms with Gasteiger partial charge in [-0.2, -0.15) is 0 Å². The molecule has 2 aromatic carbocycles. The Morgan fingerprint density at radius 3 is 2.20 bits per heavy atom. The molecule has 1 aromatic heterocycles. The van der Waals surface area contributed by atoms with Gasteiger partial charge in [-0.1, -0.05) is 42.5 Å². The second-order valence-electron chi connectivity index (χ2n) is 6.93. The van der Waals surface area contributed by atoms with Crippen molar-refractivity contribution >= 4 is 11.0 Å². The van der Waals surface area contributed by atoms with E-state index in [1.807, 2.05) is 24.3 Å². The van der Waals surface area contributed by atoms with Gasteiger partial charge in [-0.25, -0.2) is 0 Å². The van der Waals surface area contributed by atoms with Crippen LogP contribution in [-0.4, -0.2) is 26.2 Å². The Morgan fingerprint density at radius 1 is 0.800 bits per heavy atom. The van der Waals surface area contributed by atoms with Crippen molar-refractivity contribution in [2.45, 2.75) is 13.1 Å². The second-order valence-corrected chi connectivity index (χ2v) is 6.93. The molecule has 0 amide bonds. The Balaban J connectivity index is 1.39. The molecule has 0 bridgehead atoms. The highest BCUT2D eigenvalue weighted by Gasteiger charge is 2.24. The van der Waals surface area contributed by atoms with Gasteiger partial charge in [-0.15, -0.1) is 0 Å². The lowest BCUT2D eigenvalue weighted by Crippen LogP contribution is -3.27. The Bertz CT molecular complexity index is 896. The molecule has 25 heavy (non-hydrogen) atoms. The van der Waals surface area contributed by atoms with Gasteiger partial charge in [0.2, 0.25) is 5.43 Å². The van der Waals surface area contributed by atoms with Gasteiger partial charge in [0.1, 0.15) is 51.1 Å². The van der Waals surface area contributed by atoms with Crippen LogP contribution >= 0.6 is 0 Å². The summed E-state index contributed by atoms with van der Waals surface area (Å²) in [4.78, 5) is 15.7. The average Bonchev–Trinajstić information content (AvgIpc) is 2.67. The van der Waals surface area contributed by atoms with Gasteiger partial charge in [-0.05, 0) is 12.1 Å². The molecule has 128 valence electrons. The number of quaternary nitrogens is 2. The standard InChI is InChI=1S/C21H22N2O2/c24-21-18(16-25-20-9-5-4-8-19(20)21)15-23-12-10-22(11-13-23)14-17-6-2-1-3-7-17/h1-9,16H,10-15H2/p+2. The summed E-state index contributed by atoms with van der Waals surface area (Å²) in [6.45, 7) is 6.31. The van der Waals surface area contributed by atoms with E-state index < -0.39 is 0 Å². The molecule has 0 radical (unpaired) electrons. The first kappa shape index (κ1) is 16.1. The summed E-state index contributed by atoms with van der Waals surface area (Å²) in [5.74, 6) is 0. The molecule has 4 nitrogen and oxygen atoms in total. The number of hydrogen-bond donors (Lipinski definition) is 2. The first-order chi connectivity index (χ1) is 12.3. The normalized spacial score (nSPS) is 20.6. The molecule has 0 saturated carbocycles. The summed E-state index contributed by atoms with van der Waals surface area (Å²) in [6.07, 6.45) is 1.65. The van der Waals surface area contributed by atoms with Gasteiger partial charge in [0.15, 0.2) is 0 Å². The molecule has 0 atom stereocenters. The Morgan fingerprint density at radius 2 is 1.44 bits per heavy atom. The van der Waals surface area contributed by atoms with Gasteiger partial charge in [0.05, 0.1) is 10.9 Å². The molecular weight excluding hydrogens is 312 g/mol. The molecule has 1 aliphatic heterocycles. The van der Waals surface area contributed by atoms with Crippen LogP contribution in [0.3, 0.4) is 0 Å². The van der Waals surface area contributed by atoms with Crippen molar-refractivity contribution < 1.29 is 14.2 Å². The van der Waals surface area contributed by atoms with Crippen molar-refractivity contribution in [3.05, 3.63) is 82.2 Å². The minimum absolute atomic E-state index is 0.119. The highest BCUT2D eigenvalue weighted by molar-refractivity contribution is 5.76. The molecule has 0 unspecified atom stereocenters. The molecular formula is C21H24N2O2+2. The number of hydrogen-bond acceptors (Lipinski definition) is 2. The Hall–Kier alpha value is -2.43. The number of para-hydroxylation sites is 1. The number of nitrogens with one attached hydrogen (secondary N) is 2. The quantitative estimate of drug-likeness (QED) is 0.718. The lowest BCUT2D eigenvalue weighted by molar-refractivity contribution is -1.02. The molecule has 0 spiro atoms. The van der Waals surface area contributed by atoms with E-state index in [9.17, 15) is 4.79 Å². The summed E-state index contributed by atoms with van der Waals surface area (Å²) < 4.78 is 5.65. The van der Waals surface area contributed by atoms with Crippen molar-refractivity contribution in [1.29, 1.82) is 0 Å². The van der Waals surface area contributed by atoms with Gasteiger partial charge < -0.3 is 14.2 Å². The smallest absolute Gasteiger partial charge is 0.201 e. The summed E-state index contributed by atoms with van der Waals surface area (Å²) in [5.41, 5.74) is 2.98. The fraction of sp³-hybridized carbons (Fsp3) is 0.286. The molecule has 2 heterocycles. The van der Waals surface area contributed by atoms with E-state index in [1.165, 1.54) is 10.5 Å². The van der Waals surface area contributed by atoms with E-state index >= 15 is 0 Å². The van der Waals surface area contributed by atoms with Crippen molar-refractivity contribution in [2.24, 2.45) is 0 Å². The van der Waals surface area contributed by atoms with Crippen LogP contribution in [0.25, 0.3) is 11.0 Å². The first-order valence-electron chi connectivity index (χ1n) is 9.00. The summed E-state index contributed by atoms with van der Waals surface area (Å²) in [5, 5.41) is 0.688. The van der Waals surface area contributed by atoms with E-state index in [2.05, 4.69) is 30.3 Å². The number of rotatable bonds is 4. The fourth-order valence-electron chi connectivity index (χ4n) is 3.70. The predicted molar refractivity (Wildman–Crippen MR) is 97.7 cm³/mol. The van der Waals surface area contributed by atoms with E-state index in [1.54, 1.807) is 11.2 Å². The highest BCUT2D eigenvalue weighted by Crippen LogP contribution is 2.09. The third-order valence-electron chi connectivity index (χ3n) is 5.15. The van der Waals surface area contributed by atoms with Gasteiger partial charge in [0.25, 0.3) is 0 Å². The van der Waals surface area contributed by atoms with E-state index in [4.69, 9.17) is 4.42 Å². The largest absolute Gasteiger partial charge is 0.464 e. The van der Waals surface area contributed by atoms with Gasteiger partial charge >= 0.3 is 0 Å². The Kier molecular flexibility index (Phi) is 4.63. The zero-order valence-electron chi connectivity index (χ0n) is 14.3. The van der Waals surface area contributed by atoms with Gasteiger partial charge in [-0.3, -0.25) is 4.79 Å². The predicted octanol–water partition coefficient (Wildman–Crippen LogP) is 0.277. The molecule has 3 aromatic rings. The van der Waals surface area contributed by atoms with Crippen LogP contribution in [0.2, 0.25) is 0 Å². The maximum Gasteiger partial charge on any atom is 0.201 e. The lowest BCUT2D eigenvalue weighted by atomic mass is 10.1. The SMILES string of the molecule is O=c1c(C[NH+]2CC[NH+](Cc3ccccc3)CC2)coc2ccccc12. The number of piperazine rings is 1. The fourth-order valence-corrected chi connectivity index (χ4v) is 3.70. The Labute approximate surface area is 147 Å². The second kappa shape index (κ2) is 7.21. The summed E-state index contributed by atoms with van der Waals surface area (Å²) in [7, 11) is 0. The topological polar surface area (TPSA) is 39.1 Å². The molecule has 1 saturated heterocycles. The summed E-state index contributed by atoms with van der Waals surface area (Å²) in [6, 6.07) is 18.2. The minimum Gasteiger partial charge on any atom is -0.464 e. The minimum atomic E-state index is 0.119. The number of benzene rings is 2. The van der Waals surface area contributed by atoms with Crippen molar-refractivity contribution in [2.75, 3.05) is 26.2 Å². The van der Waals surface area contributed by atoms with Crippen LogP contribution in [-0.2, 0) is 13.1 Å². The van der Waals surface area contributed by atoms with Crippen LogP contribution in [0.15, 0.2) is 70.1 Å². The van der Waals surface area contributed by atoms with Gasteiger partial charge in [0, 0.05) is 5.56 Å². The number of fused-ring (bicyclic) bond motifs is 1. The van der Waals surface area contributed by atoms with E-state index in [0.717, 1.165) is 44.8 Å². The third-order valence-corrected chi connectivity index (χ3v) is 5.15. The van der Waals surface area contributed by atoms with E-state index in [0.29, 0.717) is 11.0 Å². The monoisotopic (exact) mass is 336 g/mol. The molecule has 2 N–H and O–H groups in total. The van der Waals surface area contributed by atoms with Crippen molar-refractivity contribution in [3.8, 4) is 0 Å². The molecule has 4 rings (SSSR count). The molecule has 1 aliphatic rings. The van der Waals surface area contributed by atoms with E-state index in [-0.39, 0.29) is 5.43 Å². The molecule has 1 fully saturated rings.